The van der Waals surface area contributed by atoms with E-state index in [0.29, 0.717) is 39.8 Å². The van der Waals surface area contributed by atoms with Crippen LogP contribution in [0.3, 0.4) is 0 Å². The Hall–Kier alpha value is -3.57. The van der Waals surface area contributed by atoms with Crippen LogP contribution in [0.2, 0.25) is 5.02 Å². The standard InChI is InChI=1S/C26H23ClN2O3/c1-4-28(20-8-6-5-7-9-20)24-23(18-12-10-17(2)11-13-18)25(30)29(26(24)31)21-16-19(27)14-15-22(21)32-3/h5-16H,4H2,1-3H3. The first-order chi connectivity index (χ1) is 15.5. The van der Waals surface area contributed by atoms with Gasteiger partial charge in [-0.3, -0.25) is 9.59 Å². The summed E-state index contributed by atoms with van der Waals surface area (Å²) >= 11 is 6.21. The van der Waals surface area contributed by atoms with Crippen molar-refractivity contribution >= 4 is 40.4 Å². The summed E-state index contributed by atoms with van der Waals surface area (Å²) in [5.74, 6) is -0.441. The highest BCUT2D eigenvalue weighted by Crippen LogP contribution is 2.40. The normalized spacial score (nSPS) is 13.7. The summed E-state index contributed by atoms with van der Waals surface area (Å²) in [5.41, 5.74) is 3.57. The third-order valence-corrected chi connectivity index (χ3v) is 5.67. The molecule has 0 atom stereocenters. The van der Waals surface area contributed by atoms with Gasteiger partial charge in [0.15, 0.2) is 0 Å². The van der Waals surface area contributed by atoms with Crippen LogP contribution in [0, 0.1) is 6.92 Å². The van der Waals surface area contributed by atoms with Crippen molar-refractivity contribution in [1.82, 2.24) is 0 Å². The van der Waals surface area contributed by atoms with Crippen LogP contribution in [-0.2, 0) is 9.59 Å². The second kappa shape index (κ2) is 8.89. The second-order valence-electron chi connectivity index (χ2n) is 7.43. The molecule has 0 saturated heterocycles. The number of halogens is 1. The Kier molecular flexibility index (Phi) is 6.01. The van der Waals surface area contributed by atoms with Crippen LogP contribution in [0.15, 0.2) is 78.5 Å². The van der Waals surface area contributed by atoms with E-state index in [1.165, 1.54) is 7.11 Å². The number of rotatable bonds is 6. The number of ether oxygens (including phenoxy) is 1. The SMILES string of the molecule is CCN(C1=C(c2ccc(C)cc2)C(=O)N(c2cc(Cl)ccc2OC)C1=O)c1ccccc1. The molecule has 162 valence electrons. The van der Waals surface area contributed by atoms with Crippen LogP contribution in [0.4, 0.5) is 11.4 Å². The van der Waals surface area contributed by atoms with Crippen molar-refractivity contribution in [2.75, 3.05) is 23.5 Å². The van der Waals surface area contributed by atoms with E-state index in [2.05, 4.69) is 0 Å². The lowest BCUT2D eigenvalue weighted by Crippen LogP contribution is -2.35. The van der Waals surface area contributed by atoms with Crippen molar-refractivity contribution in [2.45, 2.75) is 13.8 Å². The molecule has 1 aliphatic rings. The molecule has 5 nitrogen and oxygen atoms in total. The van der Waals surface area contributed by atoms with E-state index in [1.807, 2.05) is 73.3 Å². The van der Waals surface area contributed by atoms with E-state index in [-0.39, 0.29) is 0 Å². The zero-order chi connectivity index (χ0) is 22.8. The molecule has 0 unspecified atom stereocenters. The van der Waals surface area contributed by atoms with Gasteiger partial charge in [-0.05, 0) is 49.7 Å². The highest BCUT2D eigenvalue weighted by Gasteiger charge is 2.43. The Labute approximate surface area is 192 Å². The maximum Gasteiger partial charge on any atom is 0.282 e. The first-order valence-corrected chi connectivity index (χ1v) is 10.7. The number of likely N-dealkylation sites (N-methyl/N-ethyl adjacent to an activating group) is 1. The Balaban J connectivity index is 1.93. The number of benzene rings is 3. The molecule has 6 heteroatoms. The van der Waals surface area contributed by atoms with Gasteiger partial charge in [-0.1, -0.05) is 59.6 Å². The number of imide groups is 1. The van der Waals surface area contributed by atoms with Crippen LogP contribution in [-0.4, -0.2) is 25.5 Å². The smallest absolute Gasteiger partial charge is 0.282 e. The first kappa shape index (κ1) is 21.7. The number of methoxy groups -OCH3 is 1. The number of aryl methyl sites for hydroxylation is 1. The monoisotopic (exact) mass is 446 g/mol. The minimum absolute atomic E-state index is 0.318. The summed E-state index contributed by atoms with van der Waals surface area (Å²) in [6, 6.07) is 22.0. The van der Waals surface area contributed by atoms with Gasteiger partial charge in [0.05, 0.1) is 18.4 Å². The lowest BCUT2D eigenvalue weighted by atomic mass is 10.0. The molecular weight excluding hydrogens is 424 g/mol. The fourth-order valence-corrected chi connectivity index (χ4v) is 4.05. The Morgan fingerprint density at radius 2 is 1.62 bits per heavy atom. The van der Waals surface area contributed by atoms with Gasteiger partial charge >= 0.3 is 0 Å². The van der Waals surface area contributed by atoms with Gasteiger partial charge in [0.2, 0.25) is 0 Å². The molecule has 4 rings (SSSR count). The van der Waals surface area contributed by atoms with Gasteiger partial charge in [-0.25, -0.2) is 4.90 Å². The Morgan fingerprint density at radius 1 is 0.938 bits per heavy atom. The lowest BCUT2D eigenvalue weighted by Gasteiger charge is -2.25. The predicted octanol–water partition coefficient (Wildman–Crippen LogP) is 5.47. The number of para-hydroxylation sites is 1. The summed E-state index contributed by atoms with van der Waals surface area (Å²) in [6.45, 7) is 4.44. The van der Waals surface area contributed by atoms with Crippen molar-refractivity contribution < 1.29 is 14.3 Å². The number of hydrogen-bond donors (Lipinski definition) is 0. The fraction of sp³-hybridized carbons (Fsp3) is 0.154. The van der Waals surface area contributed by atoms with E-state index < -0.39 is 11.8 Å². The Bertz CT molecular complexity index is 1200. The highest BCUT2D eigenvalue weighted by atomic mass is 35.5. The number of amides is 2. The fourth-order valence-electron chi connectivity index (χ4n) is 3.88. The molecule has 0 aliphatic carbocycles. The van der Waals surface area contributed by atoms with Crippen LogP contribution in [0.1, 0.15) is 18.1 Å². The van der Waals surface area contributed by atoms with E-state index in [4.69, 9.17) is 16.3 Å². The number of anilines is 2. The molecule has 0 fully saturated rings. The van der Waals surface area contributed by atoms with Gasteiger partial charge in [-0.2, -0.15) is 0 Å². The Morgan fingerprint density at radius 3 is 2.25 bits per heavy atom. The number of nitrogens with zero attached hydrogens (tertiary/aromatic N) is 2. The van der Waals surface area contributed by atoms with Gasteiger partial charge in [0.1, 0.15) is 11.4 Å². The summed E-state index contributed by atoms with van der Waals surface area (Å²) < 4.78 is 5.44. The van der Waals surface area contributed by atoms with E-state index >= 15 is 0 Å². The molecule has 0 spiro atoms. The minimum atomic E-state index is -0.420. The molecule has 0 N–H and O–H groups in total. The average Bonchev–Trinajstić information content (AvgIpc) is 3.05. The molecule has 0 aromatic heterocycles. The predicted molar refractivity (Wildman–Crippen MR) is 128 cm³/mol. The molecule has 0 bridgehead atoms. The molecule has 0 radical (unpaired) electrons. The molecule has 1 aliphatic heterocycles. The molecule has 1 heterocycles. The third kappa shape index (κ3) is 3.76. The lowest BCUT2D eigenvalue weighted by molar-refractivity contribution is -0.120. The summed E-state index contributed by atoms with van der Waals surface area (Å²) in [5, 5.41) is 0.405. The second-order valence-corrected chi connectivity index (χ2v) is 7.87. The first-order valence-electron chi connectivity index (χ1n) is 10.3. The van der Waals surface area contributed by atoms with Gasteiger partial charge < -0.3 is 9.64 Å². The summed E-state index contributed by atoms with van der Waals surface area (Å²) in [6.07, 6.45) is 0. The van der Waals surface area contributed by atoms with Crippen molar-refractivity contribution in [3.05, 3.63) is 94.6 Å². The minimum Gasteiger partial charge on any atom is -0.495 e. The van der Waals surface area contributed by atoms with Gasteiger partial charge in [0.25, 0.3) is 11.8 Å². The van der Waals surface area contributed by atoms with Crippen molar-refractivity contribution in [3.8, 4) is 5.75 Å². The quantitative estimate of drug-likeness (QED) is 0.471. The van der Waals surface area contributed by atoms with Gasteiger partial charge in [-0.15, -0.1) is 0 Å². The van der Waals surface area contributed by atoms with Crippen molar-refractivity contribution in [2.24, 2.45) is 0 Å². The molecular formula is C26H23ClN2O3. The zero-order valence-electron chi connectivity index (χ0n) is 18.1. The average molecular weight is 447 g/mol. The van der Waals surface area contributed by atoms with Crippen LogP contribution < -0.4 is 14.5 Å². The number of hydrogen-bond acceptors (Lipinski definition) is 4. The van der Waals surface area contributed by atoms with Crippen LogP contribution in [0.25, 0.3) is 5.57 Å². The molecule has 2 amide bonds. The molecule has 3 aromatic rings. The largest absolute Gasteiger partial charge is 0.495 e. The van der Waals surface area contributed by atoms with E-state index in [1.54, 1.807) is 18.2 Å². The van der Waals surface area contributed by atoms with E-state index in [9.17, 15) is 9.59 Å². The van der Waals surface area contributed by atoms with Gasteiger partial charge in [0, 0.05) is 17.3 Å². The molecule has 32 heavy (non-hydrogen) atoms. The van der Waals surface area contributed by atoms with Crippen LogP contribution in [0.5, 0.6) is 5.75 Å². The molecule has 0 saturated carbocycles. The number of carbonyl (C=O) groups excluding carboxylic acids is 2. The maximum atomic E-state index is 13.8. The third-order valence-electron chi connectivity index (χ3n) is 5.44. The maximum absolute atomic E-state index is 13.8. The topological polar surface area (TPSA) is 49.9 Å². The number of carbonyl (C=O) groups is 2. The summed E-state index contributed by atoms with van der Waals surface area (Å²) in [7, 11) is 1.50. The highest BCUT2D eigenvalue weighted by molar-refractivity contribution is 6.47. The van der Waals surface area contributed by atoms with Crippen LogP contribution >= 0.6 is 11.6 Å². The van der Waals surface area contributed by atoms with Crippen molar-refractivity contribution in [1.29, 1.82) is 0 Å². The molecule has 3 aromatic carbocycles. The van der Waals surface area contributed by atoms with E-state index in [0.717, 1.165) is 16.2 Å². The zero-order valence-corrected chi connectivity index (χ0v) is 18.9. The van der Waals surface area contributed by atoms with Crippen molar-refractivity contribution in [3.63, 3.8) is 0 Å². The summed E-state index contributed by atoms with van der Waals surface area (Å²) in [4.78, 5) is 30.6.